The van der Waals surface area contributed by atoms with Gasteiger partial charge in [-0.1, -0.05) is 266 Å². The number of allylic oxidation sites excluding steroid dienone is 3. The third-order valence-corrected chi connectivity index (χ3v) is 13.3. The van der Waals surface area contributed by atoms with Crippen LogP contribution in [0.3, 0.4) is 0 Å². The number of carbonyl (C=O) groups is 1. The Kier molecular flexibility index (Phi) is 64.4. The number of rotatable bonds is 51. The fraction of sp³-hybridized carbons (Fsp3) is 0.918. The van der Waals surface area contributed by atoms with Gasteiger partial charge in [0.1, 0.15) is 11.9 Å². The summed E-state index contributed by atoms with van der Waals surface area (Å²) in [5.74, 6) is 2.19. The van der Waals surface area contributed by atoms with E-state index in [1.807, 2.05) is 0 Å². The van der Waals surface area contributed by atoms with Gasteiger partial charge >= 0.3 is 0 Å². The quantitative estimate of drug-likeness (QED) is 0.0469. The summed E-state index contributed by atoms with van der Waals surface area (Å²) in [6.45, 7) is 21.7. The SMILES string of the molecule is C=C(CCCCCCCCCCC)OC(CCCCCCC)CCOCCCN.CCC/C=C(\N)CCCCCCCCCCCCC.CCCCCCCCCC(CC)CCCC(C)=O. The highest BCUT2D eigenvalue weighted by Gasteiger charge is 2.12. The van der Waals surface area contributed by atoms with E-state index in [0.29, 0.717) is 12.3 Å². The predicted octanol–water partition coefficient (Wildman–Crippen LogP) is 20.2. The van der Waals surface area contributed by atoms with Crippen molar-refractivity contribution in [2.24, 2.45) is 17.4 Å². The largest absolute Gasteiger partial charge is 0.495 e. The van der Waals surface area contributed by atoms with E-state index in [1.54, 1.807) is 6.92 Å². The van der Waals surface area contributed by atoms with E-state index in [-0.39, 0.29) is 6.10 Å². The minimum atomic E-state index is 0.264. The Labute approximate surface area is 416 Å². The zero-order valence-electron chi connectivity index (χ0n) is 46.6. The molecular weight excluding hydrogens is 809 g/mol. The Bertz CT molecular complexity index is 937. The lowest BCUT2D eigenvalue weighted by molar-refractivity contribution is -0.117. The minimum Gasteiger partial charge on any atom is -0.495 e. The van der Waals surface area contributed by atoms with Crippen molar-refractivity contribution in [3.63, 3.8) is 0 Å². The van der Waals surface area contributed by atoms with Crippen molar-refractivity contribution in [2.45, 2.75) is 337 Å². The molecule has 0 fully saturated rings. The summed E-state index contributed by atoms with van der Waals surface area (Å²) in [7, 11) is 0. The van der Waals surface area contributed by atoms with Crippen molar-refractivity contribution < 1.29 is 14.3 Å². The van der Waals surface area contributed by atoms with Gasteiger partial charge in [-0.2, -0.15) is 0 Å². The Hall–Kier alpha value is -1.33. The van der Waals surface area contributed by atoms with Crippen LogP contribution in [-0.2, 0) is 14.3 Å². The topological polar surface area (TPSA) is 87.6 Å². The number of unbranched alkanes of at least 4 members (excludes halogenated alkanes) is 29. The third-order valence-electron chi connectivity index (χ3n) is 13.3. The van der Waals surface area contributed by atoms with E-state index in [2.05, 4.69) is 54.2 Å². The number of hydrogen-bond donors (Lipinski definition) is 2. The van der Waals surface area contributed by atoms with Gasteiger partial charge in [-0.3, -0.25) is 0 Å². The summed E-state index contributed by atoms with van der Waals surface area (Å²) in [6.07, 6.45) is 59.8. The van der Waals surface area contributed by atoms with Crippen LogP contribution in [0.2, 0.25) is 0 Å². The minimum absolute atomic E-state index is 0.264. The first kappa shape index (κ1) is 68.9. The molecular formula is C61H124N2O3. The van der Waals surface area contributed by atoms with Crippen molar-refractivity contribution in [1.82, 2.24) is 0 Å². The summed E-state index contributed by atoms with van der Waals surface area (Å²) in [6, 6.07) is 0. The zero-order valence-corrected chi connectivity index (χ0v) is 46.6. The molecule has 5 nitrogen and oxygen atoms in total. The van der Waals surface area contributed by atoms with Gasteiger partial charge in [-0.25, -0.2) is 0 Å². The Morgan fingerprint density at radius 1 is 0.470 bits per heavy atom. The highest BCUT2D eigenvalue weighted by atomic mass is 16.5. The molecule has 0 spiro atoms. The number of carbonyl (C=O) groups excluding carboxylic acids is 1. The molecule has 66 heavy (non-hydrogen) atoms. The van der Waals surface area contributed by atoms with Crippen LogP contribution in [0.5, 0.6) is 0 Å². The van der Waals surface area contributed by atoms with Crippen LogP contribution in [0.1, 0.15) is 331 Å². The maximum Gasteiger partial charge on any atom is 0.129 e. The van der Waals surface area contributed by atoms with Gasteiger partial charge < -0.3 is 25.7 Å². The van der Waals surface area contributed by atoms with Gasteiger partial charge in [-0.05, 0) is 70.8 Å². The van der Waals surface area contributed by atoms with E-state index >= 15 is 0 Å². The first-order valence-corrected chi connectivity index (χ1v) is 29.8. The number of Topliss-reactive ketones (excluding diaryl/α,β-unsaturated/α-hetero) is 1. The number of hydrogen-bond acceptors (Lipinski definition) is 5. The standard InChI is InChI=1S/C26H53NO2.C18H37N.C17H34O/c1-4-6-8-10-11-12-13-15-16-19-25(3)29-26(20-17-14-9-7-5-2)21-24-28-23-18-22-27;1-3-5-7-8-9-10-11-12-13-14-15-17-18(19)16-6-4-2;1-4-6-7-8-9-10-11-14-17(5-2)15-12-13-16(3)18/h26H,3-24,27H2,1-2H3;16H,3-15,17,19H2,1-2H3;17H,4-15H2,1-3H3/b;18-16-;. The highest BCUT2D eigenvalue weighted by Crippen LogP contribution is 2.22. The molecule has 0 aliphatic heterocycles. The number of ketones is 1. The molecule has 5 heteroatoms. The molecule has 0 aromatic carbocycles. The summed E-state index contributed by atoms with van der Waals surface area (Å²) in [5.41, 5.74) is 12.6. The van der Waals surface area contributed by atoms with Crippen LogP contribution in [0.25, 0.3) is 0 Å². The normalized spacial score (nSPS) is 12.3. The molecule has 0 amide bonds. The first-order chi connectivity index (χ1) is 32.2. The zero-order chi connectivity index (χ0) is 49.2. The highest BCUT2D eigenvalue weighted by molar-refractivity contribution is 5.75. The average Bonchev–Trinajstić information content (AvgIpc) is 3.31. The second-order valence-corrected chi connectivity index (χ2v) is 20.2. The molecule has 2 atom stereocenters. The van der Waals surface area contributed by atoms with Crippen molar-refractivity contribution in [3.05, 3.63) is 24.1 Å². The first-order valence-electron chi connectivity index (χ1n) is 29.8. The lowest BCUT2D eigenvalue weighted by atomic mass is 9.92. The second-order valence-electron chi connectivity index (χ2n) is 20.2. The predicted molar refractivity (Wildman–Crippen MR) is 298 cm³/mol. The smallest absolute Gasteiger partial charge is 0.129 e. The van der Waals surface area contributed by atoms with Crippen LogP contribution in [0.4, 0.5) is 0 Å². The average molecular weight is 934 g/mol. The summed E-state index contributed by atoms with van der Waals surface area (Å²) in [4.78, 5) is 10.9. The molecule has 0 saturated heterocycles. The molecule has 0 radical (unpaired) electrons. The van der Waals surface area contributed by atoms with E-state index in [0.717, 1.165) is 82.0 Å². The second kappa shape index (κ2) is 61.7. The molecule has 0 aromatic heterocycles. The van der Waals surface area contributed by atoms with Crippen molar-refractivity contribution >= 4 is 5.78 Å². The molecule has 0 heterocycles. The molecule has 0 rings (SSSR count). The summed E-state index contributed by atoms with van der Waals surface area (Å²) >= 11 is 0. The summed E-state index contributed by atoms with van der Waals surface area (Å²) < 4.78 is 11.9. The van der Waals surface area contributed by atoms with E-state index < -0.39 is 0 Å². The Morgan fingerprint density at radius 2 is 0.879 bits per heavy atom. The fourth-order valence-electron chi connectivity index (χ4n) is 8.67. The van der Waals surface area contributed by atoms with Crippen molar-refractivity contribution in [3.8, 4) is 0 Å². The van der Waals surface area contributed by atoms with Crippen LogP contribution in [0, 0.1) is 5.92 Å². The van der Waals surface area contributed by atoms with E-state index in [9.17, 15) is 4.79 Å². The van der Waals surface area contributed by atoms with Gasteiger partial charge in [0, 0.05) is 31.6 Å². The number of nitrogens with two attached hydrogens (primary N) is 2. The lowest BCUT2D eigenvalue weighted by Gasteiger charge is -2.21. The third kappa shape index (κ3) is 62.7. The van der Waals surface area contributed by atoms with Gasteiger partial charge in [-0.15, -0.1) is 0 Å². The molecule has 0 aromatic rings. The summed E-state index contributed by atoms with van der Waals surface area (Å²) in [5, 5.41) is 0. The lowest BCUT2D eigenvalue weighted by Crippen LogP contribution is -2.16. The molecule has 2 unspecified atom stereocenters. The maximum atomic E-state index is 10.9. The molecule has 0 saturated carbocycles. The van der Waals surface area contributed by atoms with Gasteiger partial charge in [0.15, 0.2) is 0 Å². The van der Waals surface area contributed by atoms with Crippen molar-refractivity contribution in [2.75, 3.05) is 19.8 Å². The van der Waals surface area contributed by atoms with E-state index in [1.165, 1.54) is 231 Å². The van der Waals surface area contributed by atoms with E-state index in [4.69, 9.17) is 20.9 Å². The Balaban J connectivity index is -0.000000941. The molecule has 0 aliphatic carbocycles. The Morgan fingerprint density at radius 3 is 1.30 bits per heavy atom. The molecule has 0 bridgehead atoms. The van der Waals surface area contributed by atoms with Crippen LogP contribution < -0.4 is 11.5 Å². The molecule has 396 valence electrons. The number of ether oxygens (including phenoxy) is 2. The van der Waals surface area contributed by atoms with Gasteiger partial charge in [0.25, 0.3) is 0 Å². The van der Waals surface area contributed by atoms with Crippen LogP contribution >= 0.6 is 0 Å². The van der Waals surface area contributed by atoms with Crippen molar-refractivity contribution in [1.29, 1.82) is 0 Å². The fourth-order valence-corrected chi connectivity index (χ4v) is 8.67. The van der Waals surface area contributed by atoms with Crippen LogP contribution in [0.15, 0.2) is 24.1 Å². The molecule has 4 N–H and O–H groups in total. The van der Waals surface area contributed by atoms with Crippen LogP contribution in [-0.4, -0.2) is 31.6 Å². The van der Waals surface area contributed by atoms with Gasteiger partial charge in [0.2, 0.25) is 0 Å². The monoisotopic (exact) mass is 933 g/mol. The maximum absolute atomic E-state index is 10.9. The molecule has 0 aliphatic rings. The van der Waals surface area contributed by atoms with Gasteiger partial charge in [0.05, 0.1) is 12.4 Å².